The quantitative estimate of drug-likeness (QED) is 0.445. The van der Waals surface area contributed by atoms with Crippen LogP contribution in [0.25, 0.3) is 10.4 Å². The van der Waals surface area contributed by atoms with Crippen LogP contribution in [0.4, 0.5) is 0 Å². The molecule has 6 heteroatoms. The predicted octanol–water partition coefficient (Wildman–Crippen LogP) is 1.70. The van der Waals surface area contributed by atoms with Crippen LogP contribution < -0.4 is 0 Å². The first-order chi connectivity index (χ1) is 7.13. The molecule has 0 unspecified atom stereocenters. The standard InChI is InChI=1S/C9H9N3O3/c10-12-11-8(9(14)15)5-6-1-3-7(13)4-2-6/h1-4,8,13H,5H2,(H,14,15)/t8-/m1/s1. The molecule has 0 saturated heterocycles. The van der Waals surface area contributed by atoms with E-state index in [2.05, 4.69) is 10.0 Å². The number of phenolic OH excluding ortho intramolecular Hbond substituents is 1. The maximum atomic E-state index is 10.6. The minimum absolute atomic E-state index is 0.106. The Morgan fingerprint density at radius 1 is 1.47 bits per heavy atom. The highest BCUT2D eigenvalue weighted by Crippen LogP contribution is 2.12. The first-order valence-electron chi connectivity index (χ1n) is 4.18. The van der Waals surface area contributed by atoms with Crippen LogP contribution in [0.5, 0.6) is 5.75 Å². The van der Waals surface area contributed by atoms with Gasteiger partial charge in [-0.1, -0.05) is 17.2 Å². The van der Waals surface area contributed by atoms with Gasteiger partial charge in [-0.15, -0.1) is 0 Å². The lowest BCUT2D eigenvalue weighted by molar-refractivity contribution is -0.138. The Hall–Kier alpha value is -2.20. The molecule has 1 aromatic carbocycles. The molecule has 1 aromatic rings. The van der Waals surface area contributed by atoms with Crippen molar-refractivity contribution in [1.29, 1.82) is 0 Å². The summed E-state index contributed by atoms with van der Waals surface area (Å²) in [5.74, 6) is -1.06. The third-order valence-electron chi connectivity index (χ3n) is 1.84. The first kappa shape index (κ1) is 10.9. The molecule has 1 rings (SSSR count). The number of carboxylic acids is 1. The van der Waals surface area contributed by atoms with Crippen LogP contribution in [0, 0.1) is 0 Å². The molecule has 0 amide bonds. The molecule has 0 bridgehead atoms. The summed E-state index contributed by atoms with van der Waals surface area (Å²) in [4.78, 5) is 13.1. The second kappa shape index (κ2) is 4.88. The summed E-state index contributed by atoms with van der Waals surface area (Å²) in [5, 5.41) is 20.9. The normalized spacial score (nSPS) is 11.5. The second-order valence-corrected chi connectivity index (χ2v) is 2.93. The van der Waals surface area contributed by atoms with Gasteiger partial charge in [0.25, 0.3) is 0 Å². The van der Waals surface area contributed by atoms with Crippen LogP contribution in [-0.2, 0) is 11.2 Å². The molecule has 78 valence electrons. The number of phenols is 1. The number of carbonyl (C=O) groups is 1. The van der Waals surface area contributed by atoms with Crippen LogP contribution in [0.1, 0.15) is 5.56 Å². The van der Waals surface area contributed by atoms with Gasteiger partial charge >= 0.3 is 5.97 Å². The average Bonchev–Trinajstić information content (AvgIpc) is 2.20. The van der Waals surface area contributed by atoms with E-state index in [1.165, 1.54) is 12.1 Å². The fraction of sp³-hybridized carbons (Fsp3) is 0.222. The molecule has 0 fully saturated rings. The number of azide groups is 1. The van der Waals surface area contributed by atoms with E-state index >= 15 is 0 Å². The van der Waals surface area contributed by atoms with Crippen LogP contribution in [0.15, 0.2) is 29.4 Å². The molecule has 0 aromatic heterocycles. The molecule has 0 saturated carbocycles. The number of hydrogen-bond donors (Lipinski definition) is 2. The first-order valence-corrected chi connectivity index (χ1v) is 4.18. The minimum atomic E-state index is -1.17. The molecule has 0 aliphatic carbocycles. The molecule has 0 spiro atoms. The van der Waals surface area contributed by atoms with Crippen molar-refractivity contribution in [1.82, 2.24) is 0 Å². The molecule has 0 heterocycles. The number of hydrogen-bond acceptors (Lipinski definition) is 3. The molecule has 2 N–H and O–H groups in total. The number of aromatic hydroxyl groups is 1. The maximum Gasteiger partial charge on any atom is 0.312 e. The Kier molecular flexibility index (Phi) is 3.54. The zero-order chi connectivity index (χ0) is 11.3. The smallest absolute Gasteiger partial charge is 0.312 e. The van der Waals surface area contributed by atoms with Gasteiger partial charge in [0.05, 0.1) is 0 Å². The second-order valence-electron chi connectivity index (χ2n) is 2.93. The van der Waals surface area contributed by atoms with Gasteiger partial charge in [-0.05, 0) is 29.6 Å². The third-order valence-corrected chi connectivity index (χ3v) is 1.84. The maximum absolute atomic E-state index is 10.6. The van der Waals surface area contributed by atoms with Crippen molar-refractivity contribution in [2.24, 2.45) is 5.11 Å². The Morgan fingerprint density at radius 3 is 2.53 bits per heavy atom. The van der Waals surface area contributed by atoms with Crippen molar-refractivity contribution in [3.8, 4) is 5.75 Å². The highest BCUT2D eigenvalue weighted by molar-refractivity contribution is 5.74. The molecular formula is C9H9N3O3. The predicted molar refractivity (Wildman–Crippen MR) is 52.4 cm³/mol. The van der Waals surface area contributed by atoms with E-state index in [9.17, 15) is 4.79 Å². The van der Waals surface area contributed by atoms with E-state index in [1.807, 2.05) is 0 Å². The third kappa shape index (κ3) is 3.21. The van der Waals surface area contributed by atoms with Crippen molar-refractivity contribution in [2.45, 2.75) is 12.5 Å². The van der Waals surface area contributed by atoms with Gasteiger partial charge in [-0.3, -0.25) is 4.79 Å². The van der Waals surface area contributed by atoms with Crippen molar-refractivity contribution < 1.29 is 15.0 Å². The van der Waals surface area contributed by atoms with Gasteiger partial charge in [0.1, 0.15) is 11.8 Å². The number of carboxylic acid groups (broad SMARTS) is 1. The van der Waals surface area contributed by atoms with E-state index in [0.29, 0.717) is 5.56 Å². The number of rotatable bonds is 4. The lowest BCUT2D eigenvalue weighted by Gasteiger charge is -2.05. The van der Waals surface area contributed by atoms with Crippen LogP contribution in [0.2, 0.25) is 0 Å². The summed E-state index contributed by atoms with van der Waals surface area (Å²) in [6.45, 7) is 0. The molecule has 0 radical (unpaired) electrons. The lowest BCUT2D eigenvalue weighted by atomic mass is 10.1. The minimum Gasteiger partial charge on any atom is -0.508 e. The fourth-order valence-electron chi connectivity index (χ4n) is 1.10. The highest BCUT2D eigenvalue weighted by atomic mass is 16.4. The monoisotopic (exact) mass is 207 g/mol. The van der Waals surface area contributed by atoms with E-state index < -0.39 is 12.0 Å². The highest BCUT2D eigenvalue weighted by Gasteiger charge is 2.15. The fourth-order valence-corrected chi connectivity index (χ4v) is 1.10. The van der Waals surface area contributed by atoms with Gasteiger partial charge in [0.15, 0.2) is 0 Å². The number of benzene rings is 1. The summed E-state index contributed by atoms with van der Waals surface area (Å²) in [6.07, 6.45) is 0.111. The Balaban J connectivity index is 2.78. The van der Waals surface area contributed by atoms with Crippen molar-refractivity contribution in [3.63, 3.8) is 0 Å². The molecule has 0 aliphatic rings. The van der Waals surface area contributed by atoms with Gasteiger partial charge in [0.2, 0.25) is 0 Å². The van der Waals surface area contributed by atoms with Gasteiger partial charge < -0.3 is 10.2 Å². The summed E-state index contributed by atoms with van der Waals surface area (Å²) in [5.41, 5.74) is 8.85. The summed E-state index contributed by atoms with van der Waals surface area (Å²) in [6, 6.07) is 4.95. The summed E-state index contributed by atoms with van der Waals surface area (Å²) in [7, 11) is 0. The Morgan fingerprint density at radius 2 is 2.07 bits per heavy atom. The SMILES string of the molecule is [N-]=[N+]=N[C@H](Cc1ccc(O)cc1)C(=O)O. The summed E-state index contributed by atoms with van der Waals surface area (Å²) < 4.78 is 0. The lowest BCUT2D eigenvalue weighted by Crippen LogP contribution is -2.19. The van der Waals surface area contributed by atoms with Crippen molar-refractivity contribution in [2.75, 3.05) is 0 Å². The number of aliphatic carboxylic acids is 1. The van der Waals surface area contributed by atoms with E-state index in [0.717, 1.165) is 0 Å². The Bertz CT molecular complexity index is 394. The van der Waals surface area contributed by atoms with E-state index in [1.54, 1.807) is 12.1 Å². The van der Waals surface area contributed by atoms with Gasteiger partial charge in [0, 0.05) is 4.91 Å². The average molecular weight is 207 g/mol. The molecule has 6 nitrogen and oxygen atoms in total. The zero-order valence-electron chi connectivity index (χ0n) is 7.74. The molecule has 15 heavy (non-hydrogen) atoms. The molecular weight excluding hydrogens is 198 g/mol. The van der Waals surface area contributed by atoms with Crippen molar-refractivity contribution >= 4 is 5.97 Å². The zero-order valence-corrected chi connectivity index (χ0v) is 7.74. The van der Waals surface area contributed by atoms with Crippen LogP contribution in [0.3, 0.4) is 0 Å². The number of nitrogens with zero attached hydrogens (tertiary/aromatic N) is 3. The van der Waals surface area contributed by atoms with E-state index in [4.69, 9.17) is 15.7 Å². The van der Waals surface area contributed by atoms with Crippen LogP contribution in [-0.4, -0.2) is 22.2 Å². The Labute approximate surface area is 85.4 Å². The van der Waals surface area contributed by atoms with Crippen LogP contribution >= 0.6 is 0 Å². The summed E-state index contributed by atoms with van der Waals surface area (Å²) >= 11 is 0. The topological polar surface area (TPSA) is 106 Å². The van der Waals surface area contributed by atoms with Crippen molar-refractivity contribution in [3.05, 3.63) is 40.3 Å². The largest absolute Gasteiger partial charge is 0.508 e. The molecule has 1 atom stereocenters. The van der Waals surface area contributed by atoms with Gasteiger partial charge in [-0.25, -0.2) is 0 Å². The van der Waals surface area contributed by atoms with Gasteiger partial charge in [-0.2, -0.15) is 0 Å². The van der Waals surface area contributed by atoms with E-state index in [-0.39, 0.29) is 12.2 Å². The molecule has 0 aliphatic heterocycles.